The first-order valence-electron chi connectivity index (χ1n) is 8.17. The Balaban J connectivity index is 2.37. The third-order valence-corrected chi connectivity index (χ3v) is 3.71. The van der Waals surface area contributed by atoms with Crippen molar-refractivity contribution in [1.82, 2.24) is 16.0 Å². The molecule has 1 fully saturated rings. The number of hydrogen-bond donors (Lipinski definition) is 3. The highest BCUT2D eigenvalue weighted by atomic mass is 16.2. The standard InChI is InChI=1S/C16H31N3O2/c1-12(14(20)18-15(21)19-16(2,3)4)17-13-10-8-6-5-7-9-11-13/h12-13,17H,5-11H2,1-4H3,(H2,18,19,20,21)/t12-/m0/s1. The molecule has 122 valence electrons. The highest BCUT2D eigenvalue weighted by Crippen LogP contribution is 2.17. The van der Waals surface area contributed by atoms with E-state index in [-0.39, 0.29) is 17.5 Å². The summed E-state index contributed by atoms with van der Waals surface area (Å²) >= 11 is 0. The van der Waals surface area contributed by atoms with Crippen LogP contribution in [0.1, 0.15) is 72.6 Å². The Morgan fingerprint density at radius 3 is 2.05 bits per heavy atom. The summed E-state index contributed by atoms with van der Waals surface area (Å²) in [4.78, 5) is 23.7. The Morgan fingerprint density at radius 2 is 1.52 bits per heavy atom. The lowest BCUT2D eigenvalue weighted by atomic mass is 9.96. The van der Waals surface area contributed by atoms with E-state index in [9.17, 15) is 9.59 Å². The van der Waals surface area contributed by atoms with Crippen LogP contribution in [0.2, 0.25) is 0 Å². The summed E-state index contributed by atoms with van der Waals surface area (Å²) in [7, 11) is 0. The molecule has 3 amide bonds. The highest BCUT2D eigenvalue weighted by Gasteiger charge is 2.21. The molecule has 0 saturated heterocycles. The van der Waals surface area contributed by atoms with Gasteiger partial charge >= 0.3 is 6.03 Å². The van der Waals surface area contributed by atoms with Gasteiger partial charge in [-0.05, 0) is 40.5 Å². The Bertz CT molecular complexity index is 342. The number of carbonyl (C=O) groups excluding carboxylic acids is 2. The van der Waals surface area contributed by atoms with Gasteiger partial charge in [0.2, 0.25) is 5.91 Å². The zero-order valence-corrected chi connectivity index (χ0v) is 13.9. The number of imide groups is 1. The van der Waals surface area contributed by atoms with Crippen LogP contribution < -0.4 is 16.0 Å². The van der Waals surface area contributed by atoms with Crippen LogP contribution in [0.25, 0.3) is 0 Å². The summed E-state index contributed by atoms with van der Waals surface area (Å²) in [5, 5.41) is 8.49. The smallest absolute Gasteiger partial charge is 0.321 e. The molecular formula is C16H31N3O2. The topological polar surface area (TPSA) is 70.2 Å². The van der Waals surface area contributed by atoms with Crippen molar-refractivity contribution in [2.75, 3.05) is 0 Å². The maximum atomic E-state index is 12.0. The van der Waals surface area contributed by atoms with E-state index in [0.717, 1.165) is 12.8 Å². The maximum absolute atomic E-state index is 12.0. The van der Waals surface area contributed by atoms with Gasteiger partial charge < -0.3 is 10.6 Å². The number of hydrogen-bond acceptors (Lipinski definition) is 3. The Labute approximate surface area is 128 Å². The van der Waals surface area contributed by atoms with E-state index in [1.54, 1.807) is 0 Å². The summed E-state index contributed by atoms with van der Waals surface area (Å²) < 4.78 is 0. The van der Waals surface area contributed by atoms with Crippen LogP contribution in [0.4, 0.5) is 4.79 Å². The summed E-state index contributed by atoms with van der Waals surface area (Å²) in [6, 6.07) is -0.393. The molecule has 3 N–H and O–H groups in total. The summed E-state index contributed by atoms with van der Waals surface area (Å²) in [6.45, 7) is 7.46. The predicted octanol–water partition coefficient (Wildman–Crippen LogP) is 2.70. The molecule has 0 aromatic carbocycles. The van der Waals surface area contributed by atoms with Gasteiger partial charge in [-0.15, -0.1) is 0 Å². The Morgan fingerprint density at radius 1 is 1.00 bits per heavy atom. The van der Waals surface area contributed by atoms with Crippen LogP contribution >= 0.6 is 0 Å². The minimum Gasteiger partial charge on any atom is -0.333 e. The van der Waals surface area contributed by atoms with Gasteiger partial charge in [0.25, 0.3) is 0 Å². The van der Waals surface area contributed by atoms with Gasteiger partial charge in [0.1, 0.15) is 0 Å². The second-order valence-electron chi connectivity index (χ2n) is 7.12. The molecule has 1 saturated carbocycles. The molecular weight excluding hydrogens is 266 g/mol. The van der Waals surface area contributed by atoms with E-state index in [0.29, 0.717) is 6.04 Å². The first-order valence-corrected chi connectivity index (χ1v) is 8.17. The SMILES string of the molecule is C[C@H](NC1CCCCCCC1)C(=O)NC(=O)NC(C)(C)C. The molecule has 1 atom stereocenters. The minimum absolute atomic E-state index is 0.265. The fourth-order valence-corrected chi connectivity index (χ4v) is 2.64. The molecule has 0 unspecified atom stereocenters. The van der Waals surface area contributed by atoms with Crippen LogP contribution in [0.15, 0.2) is 0 Å². The molecule has 5 heteroatoms. The average molecular weight is 297 g/mol. The first-order chi connectivity index (χ1) is 9.78. The quantitative estimate of drug-likeness (QED) is 0.750. The second-order valence-corrected chi connectivity index (χ2v) is 7.12. The summed E-state index contributed by atoms with van der Waals surface area (Å²) in [5.74, 6) is -0.265. The molecule has 1 aliphatic carbocycles. The van der Waals surface area contributed by atoms with E-state index in [1.165, 1.54) is 32.1 Å². The van der Waals surface area contributed by atoms with Crippen molar-refractivity contribution in [1.29, 1.82) is 0 Å². The zero-order chi connectivity index (χ0) is 15.9. The van der Waals surface area contributed by atoms with Gasteiger partial charge in [0.05, 0.1) is 6.04 Å². The molecule has 5 nitrogen and oxygen atoms in total. The van der Waals surface area contributed by atoms with Crippen molar-refractivity contribution in [3.8, 4) is 0 Å². The van der Waals surface area contributed by atoms with Crippen LogP contribution in [0, 0.1) is 0 Å². The Hall–Kier alpha value is -1.10. The molecule has 0 aromatic rings. The average Bonchev–Trinajstić information content (AvgIpc) is 2.29. The fourth-order valence-electron chi connectivity index (χ4n) is 2.64. The number of rotatable bonds is 3. The minimum atomic E-state index is -0.432. The van der Waals surface area contributed by atoms with E-state index in [2.05, 4.69) is 16.0 Å². The number of urea groups is 1. The van der Waals surface area contributed by atoms with Crippen molar-refractivity contribution in [2.24, 2.45) is 0 Å². The number of carbonyl (C=O) groups is 2. The number of amides is 3. The van der Waals surface area contributed by atoms with Crippen molar-refractivity contribution >= 4 is 11.9 Å². The van der Waals surface area contributed by atoms with E-state index in [4.69, 9.17) is 0 Å². The molecule has 0 bridgehead atoms. The van der Waals surface area contributed by atoms with Gasteiger partial charge in [0, 0.05) is 11.6 Å². The fraction of sp³-hybridized carbons (Fsp3) is 0.875. The maximum Gasteiger partial charge on any atom is 0.321 e. The molecule has 0 heterocycles. The van der Waals surface area contributed by atoms with Crippen LogP contribution in [-0.2, 0) is 4.79 Å². The monoisotopic (exact) mass is 297 g/mol. The van der Waals surface area contributed by atoms with E-state index < -0.39 is 6.03 Å². The van der Waals surface area contributed by atoms with Gasteiger partial charge in [-0.1, -0.05) is 32.1 Å². The van der Waals surface area contributed by atoms with Crippen LogP contribution in [0.5, 0.6) is 0 Å². The summed E-state index contributed by atoms with van der Waals surface area (Å²) in [5.41, 5.74) is -0.347. The molecule has 0 radical (unpaired) electrons. The van der Waals surface area contributed by atoms with Gasteiger partial charge in [-0.2, -0.15) is 0 Å². The lowest BCUT2D eigenvalue weighted by Crippen LogP contribution is -2.53. The van der Waals surface area contributed by atoms with Gasteiger partial charge in [0.15, 0.2) is 0 Å². The molecule has 1 rings (SSSR count). The molecule has 0 aromatic heterocycles. The van der Waals surface area contributed by atoms with Crippen molar-refractivity contribution < 1.29 is 9.59 Å². The van der Waals surface area contributed by atoms with Gasteiger partial charge in [-0.25, -0.2) is 4.79 Å². The molecule has 0 aliphatic heterocycles. The second kappa shape index (κ2) is 8.37. The number of nitrogens with one attached hydrogen (secondary N) is 3. The van der Waals surface area contributed by atoms with E-state index >= 15 is 0 Å². The van der Waals surface area contributed by atoms with Crippen LogP contribution in [-0.4, -0.2) is 29.6 Å². The van der Waals surface area contributed by atoms with Crippen molar-refractivity contribution in [3.05, 3.63) is 0 Å². The highest BCUT2D eigenvalue weighted by molar-refractivity contribution is 5.97. The Kier molecular flexibility index (Phi) is 7.15. The van der Waals surface area contributed by atoms with Crippen LogP contribution in [0.3, 0.4) is 0 Å². The molecule has 1 aliphatic rings. The van der Waals surface area contributed by atoms with E-state index in [1.807, 2.05) is 27.7 Å². The van der Waals surface area contributed by atoms with Gasteiger partial charge in [-0.3, -0.25) is 10.1 Å². The predicted molar refractivity (Wildman–Crippen MR) is 85.1 cm³/mol. The summed E-state index contributed by atoms with van der Waals surface area (Å²) in [6.07, 6.45) is 8.57. The first kappa shape index (κ1) is 18.0. The third-order valence-electron chi connectivity index (χ3n) is 3.71. The lowest BCUT2D eigenvalue weighted by Gasteiger charge is -2.25. The normalized spacial score (nSPS) is 19.2. The van der Waals surface area contributed by atoms with Crippen molar-refractivity contribution in [2.45, 2.75) is 90.3 Å². The molecule has 21 heavy (non-hydrogen) atoms. The molecule has 0 spiro atoms. The third kappa shape index (κ3) is 8.05. The zero-order valence-electron chi connectivity index (χ0n) is 13.9. The lowest BCUT2D eigenvalue weighted by molar-refractivity contribution is -0.121. The largest absolute Gasteiger partial charge is 0.333 e. The van der Waals surface area contributed by atoms with Crippen molar-refractivity contribution in [3.63, 3.8) is 0 Å².